The maximum atomic E-state index is 5.60. The Hall–Kier alpha value is -1.65. The summed E-state index contributed by atoms with van der Waals surface area (Å²) in [6, 6.07) is 0. The Labute approximate surface area is 75.0 Å². The molecule has 0 atom stereocenters. The van der Waals surface area contributed by atoms with Crippen LogP contribution < -0.4 is 5.73 Å². The van der Waals surface area contributed by atoms with Gasteiger partial charge in [0, 0.05) is 5.92 Å². The molecule has 0 saturated carbocycles. The van der Waals surface area contributed by atoms with Gasteiger partial charge in [-0.3, -0.25) is 0 Å². The number of nitrogens with two attached hydrogens (primary N) is 1. The van der Waals surface area contributed by atoms with Crippen molar-refractivity contribution in [1.29, 1.82) is 0 Å². The van der Waals surface area contributed by atoms with Crippen molar-refractivity contribution >= 4 is 17.0 Å². The Bertz CT molecular complexity index is 435. The minimum absolute atomic E-state index is 0.230. The van der Waals surface area contributed by atoms with Crippen LogP contribution in [0.5, 0.6) is 0 Å². The average Bonchev–Trinajstić information content (AvgIpc) is 2.49. The molecule has 5 heteroatoms. The van der Waals surface area contributed by atoms with Gasteiger partial charge in [0.2, 0.25) is 0 Å². The zero-order chi connectivity index (χ0) is 9.42. The van der Waals surface area contributed by atoms with E-state index in [2.05, 4.69) is 15.0 Å². The number of anilines is 1. The molecule has 2 aromatic rings. The highest BCUT2D eigenvalue weighted by molar-refractivity contribution is 5.79. The van der Waals surface area contributed by atoms with Gasteiger partial charge < -0.3 is 10.2 Å². The highest BCUT2D eigenvalue weighted by Crippen LogP contribution is 2.21. The molecular weight excluding hydrogens is 168 g/mol. The summed E-state index contributed by atoms with van der Waals surface area (Å²) in [6.45, 7) is 3.99. The molecular formula is C8H10N4O. The first-order valence-electron chi connectivity index (χ1n) is 4.05. The summed E-state index contributed by atoms with van der Waals surface area (Å²) in [6.07, 6.45) is 1.37. The zero-order valence-electron chi connectivity index (χ0n) is 7.48. The minimum Gasteiger partial charge on any atom is -0.422 e. The minimum atomic E-state index is 0.230. The van der Waals surface area contributed by atoms with Crippen LogP contribution in [0.25, 0.3) is 11.2 Å². The molecule has 0 amide bonds. The van der Waals surface area contributed by atoms with Gasteiger partial charge in [-0.2, -0.15) is 4.98 Å². The van der Waals surface area contributed by atoms with E-state index in [9.17, 15) is 0 Å². The summed E-state index contributed by atoms with van der Waals surface area (Å²) in [5.41, 5.74) is 6.60. The number of aromatic nitrogens is 3. The van der Waals surface area contributed by atoms with Crippen LogP contribution in [0.3, 0.4) is 0 Å². The Balaban J connectivity index is 2.68. The number of nitrogens with zero attached hydrogens (tertiary/aromatic N) is 3. The normalized spacial score (nSPS) is 11.3. The van der Waals surface area contributed by atoms with Crippen molar-refractivity contribution in [1.82, 2.24) is 15.0 Å². The van der Waals surface area contributed by atoms with Gasteiger partial charge >= 0.3 is 0 Å². The Morgan fingerprint density at radius 2 is 2.15 bits per heavy atom. The number of fused-ring (bicyclic) bond motifs is 1. The average molecular weight is 178 g/mol. The number of nitrogen functional groups attached to an aromatic ring is 1. The van der Waals surface area contributed by atoms with Gasteiger partial charge in [-0.25, -0.2) is 9.97 Å². The summed E-state index contributed by atoms with van der Waals surface area (Å²) < 4.78 is 5.37. The zero-order valence-corrected chi connectivity index (χ0v) is 7.48. The van der Waals surface area contributed by atoms with Gasteiger partial charge in [0.25, 0.3) is 5.71 Å². The van der Waals surface area contributed by atoms with Gasteiger partial charge in [0.15, 0.2) is 17.2 Å². The third kappa shape index (κ3) is 1.22. The summed E-state index contributed by atoms with van der Waals surface area (Å²) >= 11 is 0. The first kappa shape index (κ1) is 7.97. The predicted octanol–water partition coefficient (Wildman–Crippen LogP) is 1.32. The van der Waals surface area contributed by atoms with Crippen molar-refractivity contribution in [3.63, 3.8) is 0 Å². The lowest BCUT2D eigenvalue weighted by Crippen LogP contribution is -1.92. The first-order valence-corrected chi connectivity index (χ1v) is 4.05. The third-order valence-corrected chi connectivity index (χ3v) is 1.73. The van der Waals surface area contributed by atoms with E-state index in [0.29, 0.717) is 22.9 Å². The fourth-order valence-electron chi connectivity index (χ4n) is 1.03. The topological polar surface area (TPSA) is 77.8 Å². The van der Waals surface area contributed by atoms with E-state index in [1.165, 1.54) is 6.33 Å². The maximum absolute atomic E-state index is 5.60. The van der Waals surface area contributed by atoms with E-state index >= 15 is 0 Å². The molecule has 2 N–H and O–H groups in total. The molecule has 13 heavy (non-hydrogen) atoms. The predicted molar refractivity (Wildman–Crippen MR) is 48.1 cm³/mol. The van der Waals surface area contributed by atoms with Gasteiger partial charge in [0.1, 0.15) is 6.33 Å². The molecule has 2 rings (SSSR count). The lowest BCUT2D eigenvalue weighted by atomic mass is 10.2. The van der Waals surface area contributed by atoms with E-state index in [0.717, 1.165) is 0 Å². The maximum Gasteiger partial charge on any atom is 0.252 e. The number of rotatable bonds is 1. The van der Waals surface area contributed by atoms with Crippen LogP contribution in [0.15, 0.2) is 10.7 Å². The van der Waals surface area contributed by atoms with E-state index in [-0.39, 0.29) is 5.92 Å². The van der Waals surface area contributed by atoms with Crippen LogP contribution in [0.1, 0.15) is 25.7 Å². The lowest BCUT2D eigenvalue weighted by Gasteiger charge is -1.93. The van der Waals surface area contributed by atoms with Crippen molar-refractivity contribution in [2.75, 3.05) is 5.73 Å². The fourth-order valence-corrected chi connectivity index (χ4v) is 1.03. The summed E-state index contributed by atoms with van der Waals surface area (Å²) in [4.78, 5) is 11.9. The smallest absolute Gasteiger partial charge is 0.252 e. The Morgan fingerprint density at radius 3 is 2.77 bits per heavy atom. The molecule has 0 aromatic carbocycles. The summed E-state index contributed by atoms with van der Waals surface area (Å²) in [5, 5.41) is 0. The van der Waals surface area contributed by atoms with E-state index < -0.39 is 0 Å². The van der Waals surface area contributed by atoms with Gasteiger partial charge in [-0.05, 0) is 0 Å². The monoisotopic (exact) mass is 178 g/mol. The van der Waals surface area contributed by atoms with Crippen molar-refractivity contribution in [2.24, 2.45) is 0 Å². The van der Waals surface area contributed by atoms with Crippen LogP contribution in [-0.2, 0) is 0 Å². The molecule has 0 saturated heterocycles. The van der Waals surface area contributed by atoms with Crippen LogP contribution in [0.2, 0.25) is 0 Å². The second-order valence-corrected chi connectivity index (χ2v) is 3.12. The molecule has 0 radical (unpaired) electrons. The number of oxazole rings is 1. The van der Waals surface area contributed by atoms with Crippen LogP contribution in [0.4, 0.5) is 5.82 Å². The van der Waals surface area contributed by atoms with Gasteiger partial charge in [-0.15, -0.1) is 0 Å². The quantitative estimate of drug-likeness (QED) is 0.712. The second kappa shape index (κ2) is 2.69. The van der Waals surface area contributed by atoms with E-state index in [1.54, 1.807) is 0 Å². The Kier molecular flexibility index (Phi) is 1.65. The largest absolute Gasteiger partial charge is 0.422 e. The van der Waals surface area contributed by atoms with Crippen molar-refractivity contribution in [3.8, 4) is 0 Å². The molecule has 68 valence electrons. The molecule has 2 aromatic heterocycles. The van der Waals surface area contributed by atoms with E-state index in [1.807, 2.05) is 13.8 Å². The Morgan fingerprint density at radius 1 is 1.38 bits per heavy atom. The summed E-state index contributed by atoms with van der Waals surface area (Å²) in [7, 11) is 0. The molecule has 0 spiro atoms. The van der Waals surface area contributed by atoms with Crippen LogP contribution >= 0.6 is 0 Å². The van der Waals surface area contributed by atoms with Crippen LogP contribution in [0, 0.1) is 0 Å². The summed E-state index contributed by atoms with van der Waals surface area (Å²) in [5.74, 6) is 1.23. The molecule has 5 nitrogen and oxygen atoms in total. The molecule has 0 fully saturated rings. The molecule has 0 bridgehead atoms. The van der Waals surface area contributed by atoms with Crippen LogP contribution in [-0.4, -0.2) is 15.0 Å². The van der Waals surface area contributed by atoms with Crippen molar-refractivity contribution in [2.45, 2.75) is 19.8 Å². The lowest BCUT2D eigenvalue weighted by molar-refractivity contribution is 0.494. The molecule has 0 unspecified atom stereocenters. The van der Waals surface area contributed by atoms with Gasteiger partial charge in [-0.1, -0.05) is 13.8 Å². The SMILES string of the molecule is CC(C)c1nc2c(N)ncnc2o1. The molecule has 0 aliphatic heterocycles. The molecule has 2 heterocycles. The first-order chi connectivity index (χ1) is 6.18. The number of hydrogen-bond acceptors (Lipinski definition) is 5. The van der Waals surface area contributed by atoms with Gasteiger partial charge in [0.05, 0.1) is 0 Å². The highest BCUT2D eigenvalue weighted by Gasteiger charge is 2.12. The number of hydrogen-bond donors (Lipinski definition) is 1. The van der Waals surface area contributed by atoms with Crippen molar-refractivity contribution in [3.05, 3.63) is 12.2 Å². The third-order valence-electron chi connectivity index (χ3n) is 1.73. The fraction of sp³-hybridized carbons (Fsp3) is 0.375. The second-order valence-electron chi connectivity index (χ2n) is 3.12. The van der Waals surface area contributed by atoms with E-state index in [4.69, 9.17) is 10.2 Å². The van der Waals surface area contributed by atoms with Crippen molar-refractivity contribution < 1.29 is 4.42 Å². The molecule has 0 aliphatic carbocycles. The molecule has 0 aliphatic rings. The highest BCUT2D eigenvalue weighted by atomic mass is 16.4. The standard InChI is InChI=1S/C8H10N4O/c1-4(2)7-12-5-6(9)10-3-11-8(5)13-7/h3-4H,1-2H3,(H2,9,10,11).